The van der Waals surface area contributed by atoms with Crippen LogP contribution in [0.25, 0.3) is 11.0 Å². The summed E-state index contributed by atoms with van der Waals surface area (Å²) in [6.07, 6.45) is 1.43. The maximum Gasteiger partial charge on any atom is 0.337 e. The van der Waals surface area contributed by atoms with Crippen molar-refractivity contribution in [1.82, 2.24) is 15.0 Å². The number of aromatic nitrogens is 3. The number of ether oxygens (including phenoxy) is 3. The Bertz CT molecular complexity index is 1180. The van der Waals surface area contributed by atoms with Crippen molar-refractivity contribution in [1.29, 1.82) is 0 Å². The number of pyridine rings is 1. The first-order valence-electron chi connectivity index (χ1n) is 9.22. The van der Waals surface area contributed by atoms with E-state index in [0.29, 0.717) is 18.6 Å². The number of hydrogen-bond donors (Lipinski definition) is 2. The third-order valence-electron chi connectivity index (χ3n) is 4.11. The molecule has 0 aliphatic rings. The van der Waals surface area contributed by atoms with E-state index in [0.717, 1.165) is 0 Å². The number of H-pyrrole nitrogens is 1. The third kappa shape index (κ3) is 5.36. The molecule has 31 heavy (non-hydrogen) atoms. The molecule has 2 heterocycles. The number of carbonyl (C=O) groups excluding carboxylic acids is 2. The van der Waals surface area contributed by atoms with Crippen molar-refractivity contribution in [3.05, 3.63) is 57.0 Å². The first-order valence-corrected chi connectivity index (χ1v) is 9.60. The van der Waals surface area contributed by atoms with Crippen molar-refractivity contribution in [3.63, 3.8) is 0 Å². The molecular formula is C20H19ClN4O6. The van der Waals surface area contributed by atoms with E-state index in [1.165, 1.54) is 37.6 Å². The van der Waals surface area contributed by atoms with Crippen LogP contribution in [0.1, 0.15) is 27.6 Å². The zero-order valence-electron chi connectivity index (χ0n) is 16.7. The quantitative estimate of drug-likeness (QED) is 0.398. The third-order valence-corrected chi connectivity index (χ3v) is 4.44. The lowest BCUT2D eigenvalue weighted by Crippen LogP contribution is -2.23. The topological polar surface area (TPSA) is 132 Å². The maximum atomic E-state index is 12.7. The van der Waals surface area contributed by atoms with Crippen LogP contribution in [0.5, 0.6) is 6.01 Å². The zero-order valence-corrected chi connectivity index (χ0v) is 17.5. The van der Waals surface area contributed by atoms with Crippen LogP contribution in [0, 0.1) is 0 Å². The highest BCUT2D eigenvalue weighted by molar-refractivity contribution is 6.34. The molecule has 0 atom stereocenters. The van der Waals surface area contributed by atoms with Gasteiger partial charge in [0.25, 0.3) is 11.5 Å². The molecule has 10 nitrogen and oxygen atoms in total. The van der Waals surface area contributed by atoms with Crippen LogP contribution in [-0.2, 0) is 9.47 Å². The summed E-state index contributed by atoms with van der Waals surface area (Å²) >= 11 is 6.09. The second-order valence-corrected chi connectivity index (χ2v) is 6.56. The number of nitrogens with zero attached hydrogens (tertiary/aromatic N) is 2. The average molecular weight is 447 g/mol. The maximum absolute atomic E-state index is 12.7. The molecule has 0 fully saturated rings. The van der Waals surface area contributed by atoms with Crippen molar-refractivity contribution in [2.24, 2.45) is 0 Å². The number of hydrogen-bond acceptors (Lipinski definition) is 8. The van der Waals surface area contributed by atoms with Crippen LogP contribution >= 0.6 is 11.6 Å². The second kappa shape index (κ2) is 10.0. The molecule has 0 bridgehead atoms. The fourth-order valence-electron chi connectivity index (χ4n) is 2.61. The summed E-state index contributed by atoms with van der Waals surface area (Å²) in [6, 6.07) is 5.68. The fraction of sp³-hybridized carbons (Fsp3) is 0.250. The molecule has 0 aliphatic carbocycles. The van der Waals surface area contributed by atoms with E-state index in [2.05, 4.69) is 25.0 Å². The molecule has 3 aromatic rings. The number of esters is 1. The van der Waals surface area contributed by atoms with Gasteiger partial charge in [0.05, 0.1) is 30.0 Å². The number of halogens is 1. The number of methoxy groups -OCH3 is 1. The van der Waals surface area contributed by atoms with Crippen molar-refractivity contribution < 1.29 is 23.8 Å². The van der Waals surface area contributed by atoms with E-state index in [4.69, 9.17) is 21.1 Å². The molecule has 2 N–H and O–H groups in total. The molecule has 0 radical (unpaired) electrons. The summed E-state index contributed by atoms with van der Waals surface area (Å²) in [5, 5.41) is 3.14. The van der Waals surface area contributed by atoms with Crippen molar-refractivity contribution in [3.8, 4) is 6.01 Å². The van der Waals surface area contributed by atoms with Crippen molar-refractivity contribution in [2.75, 3.05) is 32.2 Å². The fourth-order valence-corrected chi connectivity index (χ4v) is 2.77. The number of amides is 1. The molecule has 3 rings (SSSR count). The molecule has 0 spiro atoms. The molecule has 0 aliphatic heterocycles. The number of nitrogens with one attached hydrogen (secondary N) is 2. The summed E-state index contributed by atoms with van der Waals surface area (Å²) < 4.78 is 15.2. The SMILES string of the molecule is CCOCCOc1ncc2cc(C(=O)Nc3cc(C(=O)OC)ccc3Cl)c(=O)[nH]c2n1. The number of fused-ring (bicyclic) bond motifs is 1. The lowest BCUT2D eigenvalue weighted by atomic mass is 10.1. The van der Waals surface area contributed by atoms with E-state index in [1.807, 2.05) is 6.92 Å². The van der Waals surface area contributed by atoms with Gasteiger partial charge in [-0.3, -0.25) is 9.59 Å². The van der Waals surface area contributed by atoms with E-state index in [-0.39, 0.29) is 40.1 Å². The minimum atomic E-state index is -0.718. The van der Waals surface area contributed by atoms with Gasteiger partial charge in [-0.1, -0.05) is 11.6 Å². The molecule has 0 saturated carbocycles. The number of benzene rings is 1. The highest BCUT2D eigenvalue weighted by Crippen LogP contribution is 2.24. The van der Waals surface area contributed by atoms with Crippen molar-refractivity contribution in [2.45, 2.75) is 6.92 Å². The molecule has 0 unspecified atom stereocenters. The van der Waals surface area contributed by atoms with Crippen LogP contribution < -0.4 is 15.6 Å². The number of anilines is 1. The zero-order chi connectivity index (χ0) is 22.4. The minimum Gasteiger partial charge on any atom is -0.465 e. The highest BCUT2D eigenvalue weighted by atomic mass is 35.5. The van der Waals surface area contributed by atoms with Gasteiger partial charge >= 0.3 is 12.0 Å². The van der Waals surface area contributed by atoms with Crippen LogP contribution in [0.15, 0.2) is 35.3 Å². The van der Waals surface area contributed by atoms with E-state index in [1.54, 1.807) is 0 Å². The van der Waals surface area contributed by atoms with Gasteiger partial charge in [-0.15, -0.1) is 0 Å². The number of rotatable bonds is 8. The standard InChI is InChI=1S/C20H19ClN4O6/c1-3-30-6-7-31-20-22-10-12-8-13(18(27)24-16(12)25-20)17(26)23-15-9-11(19(28)29-2)4-5-14(15)21/h4-5,8-10H,3,6-7H2,1-2H3,(H,23,26)(H,22,24,25,27). The Kier molecular flexibility index (Phi) is 7.16. The summed E-state index contributed by atoms with van der Waals surface area (Å²) in [7, 11) is 1.24. The highest BCUT2D eigenvalue weighted by Gasteiger charge is 2.16. The van der Waals surface area contributed by atoms with E-state index >= 15 is 0 Å². The van der Waals surface area contributed by atoms with Crippen LogP contribution in [0.2, 0.25) is 5.02 Å². The Balaban J connectivity index is 1.82. The Hall–Kier alpha value is -3.50. The van der Waals surface area contributed by atoms with Crippen LogP contribution in [-0.4, -0.2) is 53.8 Å². The smallest absolute Gasteiger partial charge is 0.337 e. The Morgan fingerprint density at radius 3 is 2.77 bits per heavy atom. The first kappa shape index (κ1) is 22.2. The first-order chi connectivity index (χ1) is 14.9. The predicted molar refractivity (Wildman–Crippen MR) is 113 cm³/mol. The Labute approximate surface area is 181 Å². The van der Waals surface area contributed by atoms with Gasteiger partial charge in [0.1, 0.15) is 17.8 Å². The second-order valence-electron chi connectivity index (χ2n) is 6.15. The summed E-state index contributed by atoms with van der Waals surface area (Å²) in [5.74, 6) is -1.31. The van der Waals surface area contributed by atoms with Crippen LogP contribution in [0.4, 0.5) is 5.69 Å². The lowest BCUT2D eigenvalue weighted by Gasteiger charge is -2.09. The molecule has 162 valence electrons. The Morgan fingerprint density at radius 1 is 1.23 bits per heavy atom. The molecule has 0 saturated heterocycles. The predicted octanol–water partition coefficient (Wildman–Crippen LogP) is 2.43. The van der Waals surface area contributed by atoms with Gasteiger partial charge in [-0.05, 0) is 31.2 Å². The largest absolute Gasteiger partial charge is 0.465 e. The minimum absolute atomic E-state index is 0.0754. The van der Waals surface area contributed by atoms with Gasteiger partial charge in [-0.2, -0.15) is 4.98 Å². The molecular weight excluding hydrogens is 428 g/mol. The van der Waals surface area contributed by atoms with Gasteiger partial charge in [0.2, 0.25) is 0 Å². The summed E-state index contributed by atoms with van der Waals surface area (Å²) in [4.78, 5) is 47.5. The molecule has 2 aromatic heterocycles. The Morgan fingerprint density at radius 2 is 2.03 bits per heavy atom. The summed E-state index contributed by atoms with van der Waals surface area (Å²) in [6.45, 7) is 3.08. The number of carbonyl (C=O) groups is 2. The lowest BCUT2D eigenvalue weighted by molar-refractivity contribution is 0.0600. The summed E-state index contributed by atoms with van der Waals surface area (Å²) in [5.41, 5.74) is -0.276. The van der Waals surface area contributed by atoms with Gasteiger partial charge < -0.3 is 24.5 Å². The molecule has 1 amide bonds. The molecule has 11 heteroatoms. The van der Waals surface area contributed by atoms with E-state index in [9.17, 15) is 14.4 Å². The van der Waals surface area contributed by atoms with Crippen molar-refractivity contribution >= 4 is 40.2 Å². The average Bonchev–Trinajstić information content (AvgIpc) is 2.77. The van der Waals surface area contributed by atoms with Gasteiger partial charge in [-0.25, -0.2) is 9.78 Å². The van der Waals surface area contributed by atoms with Crippen LogP contribution in [0.3, 0.4) is 0 Å². The normalized spacial score (nSPS) is 10.7. The monoisotopic (exact) mass is 446 g/mol. The van der Waals surface area contributed by atoms with Gasteiger partial charge in [0, 0.05) is 18.2 Å². The van der Waals surface area contributed by atoms with Gasteiger partial charge in [0.15, 0.2) is 0 Å². The number of aromatic amines is 1. The molecule has 1 aromatic carbocycles. The van der Waals surface area contributed by atoms with E-state index < -0.39 is 17.4 Å².